The topological polar surface area (TPSA) is 70.2 Å². The van der Waals surface area contributed by atoms with E-state index in [1.54, 1.807) is 29.1 Å². The molecule has 0 radical (unpaired) electrons. The largest absolute Gasteiger partial charge is 0.482 e. The van der Waals surface area contributed by atoms with Gasteiger partial charge in [0.1, 0.15) is 6.61 Å². The van der Waals surface area contributed by atoms with Crippen LogP contribution in [-0.4, -0.2) is 14.7 Å². The third-order valence-electron chi connectivity index (χ3n) is 3.16. The van der Waals surface area contributed by atoms with Crippen LogP contribution in [0.2, 0.25) is 0 Å². The van der Waals surface area contributed by atoms with Gasteiger partial charge < -0.3 is 4.74 Å². The van der Waals surface area contributed by atoms with Crippen molar-refractivity contribution in [2.75, 3.05) is 0 Å². The van der Waals surface area contributed by atoms with E-state index in [9.17, 15) is 10.1 Å². The van der Waals surface area contributed by atoms with Crippen molar-refractivity contribution >= 4 is 5.69 Å². The lowest BCUT2D eigenvalue weighted by atomic mass is 10.2. The molecule has 0 aliphatic rings. The van der Waals surface area contributed by atoms with E-state index in [-0.39, 0.29) is 18.0 Å². The average molecular weight is 295 g/mol. The Hall–Kier alpha value is -3.15. The maximum absolute atomic E-state index is 10.9. The first-order valence-corrected chi connectivity index (χ1v) is 6.69. The van der Waals surface area contributed by atoms with E-state index >= 15 is 0 Å². The number of hydrogen-bond acceptors (Lipinski definition) is 4. The second-order valence-corrected chi connectivity index (χ2v) is 4.63. The van der Waals surface area contributed by atoms with Crippen molar-refractivity contribution in [3.8, 4) is 11.4 Å². The van der Waals surface area contributed by atoms with Gasteiger partial charge in [0.05, 0.1) is 10.6 Å². The van der Waals surface area contributed by atoms with Crippen molar-refractivity contribution in [1.29, 1.82) is 0 Å². The van der Waals surface area contributed by atoms with Crippen molar-refractivity contribution in [1.82, 2.24) is 9.78 Å². The van der Waals surface area contributed by atoms with Gasteiger partial charge >= 0.3 is 5.69 Å². The third-order valence-corrected chi connectivity index (χ3v) is 3.16. The molecule has 0 amide bonds. The summed E-state index contributed by atoms with van der Waals surface area (Å²) in [5.74, 6) is 0.267. The molecule has 6 heteroatoms. The van der Waals surface area contributed by atoms with E-state index < -0.39 is 4.92 Å². The third kappa shape index (κ3) is 2.95. The summed E-state index contributed by atoms with van der Waals surface area (Å²) in [5, 5.41) is 15.1. The molecule has 110 valence electrons. The zero-order valence-corrected chi connectivity index (χ0v) is 11.6. The van der Waals surface area contributed by atoms with E-state index in [0.29, 0.717) is 0 Å². The van der Waals surface area contributed by atoms with Gasteiger partial charge in [0.15, 0.2) is 5.75 Å². The summed E-state index contributed by atoms with van der Waals surface area (Å²) in [7, 11) is 0. The van der Waals surface area contributed by atoms with Crippen LogP contribution in [0.5, 0.6) is 5.75 Å². The zero-order chi connectivity index (χ0) is 15.4. The van der Waals surface area contributed by atoms with Gasteiger partial charge in [0.2, 0.25) is 0 Å². The average Bonchev–Trinajstić information content (AvgIpc) is 3.08. The molecule has 0 saturated heterocycles. The Morgan fingerprint density at radius 1 is 1.09 bits per heavy atom. The maximum Gasteiger partial charge on any atom is 0.310 e. The van der Waals surface area contributed by atoms with E-state index in [2.05, 4.69) is 5.10 Å². The predicted molar refractivity (Wildman–Crippen MR) is 81.0 cm³/mol. The van der Waals surface area contributed by atoms with E-state index in [1.807, 2.05) is 36.5 Å². The van der Waals surface area contributed by atoms with Crippen molar-refractivity contribution in [2.45, 2.75) is 6.61 Å². The maximum atomic E-state index is 10.9. The molecule has 22 heavy (non-hydrogen) atoms. The Balaban J connectivity index is 1.71. The molecule has 3 aromatic rings. The highest BCUT2D eigenvalue weighted by molar-refractivity contribution is 5.45. The number of para-hydroxylation sites is 2. The minimum absolute atomic E-state index is 0.0318. The highest BCUT2D eigenvalue weighted by Gasteiger charge is 2.13. The lowest BCUT2D eigenvalue weighted by Crippen LogP contribution is -2.00. The molecule has 0 saturated carbocycles. The van der Waals surface area contributed by atoms with Crippen LogP contribution in [0.4, 0.5) is 5.69 Å². The van der Waals surface area contributed by atoms with Crippen molar-refractivity contribution in [3.05, 3.63) is 82.7 Å². The normalized spacial score (nSPS) is 10.4. The molecule has 0 unspecified atom stereocenters. The Bertz CT molecular complexity index is 768. The van der Waals surface area contributed by atoms with Crippen LogP contribution in [-0.2, 0) is 6.61 Å². The van der Waals surface area contributed by atoms with Crippen molar-refractivity contribution < 1.29 is 9.66 Å². The molecule has 0 atom stereocenters. The minimum atomic E-state index is -0.448. The number of nitrogens with zero attached hydrogens (tertiary/aromatic N) is 3. The molecule has 6 nitrogen and oxygen atoms in total. The van der Waals surface area contributed by atoms with Gasteiger partial charge in [-0.1, -0.05) is 24.3 Å². The fraction of sp³-hybridized carbons (Fsp3) is 0.0625. The number of ether oxygens (including phenoxy) is 1. The molecule has 2 aromatic carbocycles. The molecule has 0 N–H and O–H groups in total. The van der Waals surface area contributed by atoms with Crippen LogP contribution in [0.15, 0.2) is 67.0 Å². The molecule has 1 heterocycles. The van der Waals surface area contributed by atoms with Crippen LogP contribution in [0.1, 0.15) is 5.56 Å². The highest BCUT2D eigenvalue weighted by Crippen LogP contribution is 2.26. The first-order chi connectivity index (χ1) is 10.7. The van der Waals surface area contributed by atoms with Gasteiger partial charge in [-0.3, -0.25) is 10.1 Å². The first-order valence-electron chi connectivity index (χ1n) is 6.69. The quantitative estimate of drug-likeness (QED) is 0.534. The molecule has 0 bridgehead atoms. The molecule has 0 aliphatic heterocycles. The number of nitro benzene ring substituents is 1. The van der Waals surface area contributed by atoms with E-state index in [0.717, 1.165) is 11.3 Å². The van der Waals surface area contributed by atoms with E-state index in [1.165, 1.54) is 6.07 Å². The molecular weight excluding hydrogens is 282 g/mol. The predicted octanol–water partition coefficient (Wildman–Crippen LogP) is 3.36. The molecule has 0 spiro atoms. The fourth-order valence-electron chi connectivity index (χ4n) is 2.06. The SMILES string of the molecule is O=[N+]([O-])c1ccccc1OCc1ccc(-n2cccn2)cc1. The number of aromatic nitrogens is 2. The van der Waals surface area contributed by atoms with Crippen molar-refractivity contribution in [3.63, 3.8) is 0 Å². The summed E-state index contributed by atoms with van der Waals surface area (Å²) >= 11 is 0. The molecule has 3 rings (SSSR count). The number of rotatable bonds is 5. The second kappa shape index (κ2) is 6.09. The van der Waals surface area contributed by atoms with Gasteiger partial charge in [-0.05, 0) is 29.8 Å². The van der Waals surface area contributed by atoms with Gasteiger partial charge in [0.25, 0.3) is 0 Å². The number of nitro groups is 1. The van der Waals surface area contributed by atoms with Gasteiger partial charge in [-0.25, -0.2) is 4.68 Å². The number of hydrogen-bond donors (Lipinski definition) is 0. The second-order valence-electron chi connectivity index (χ2n) is 4.63. The Kier molecular flexibility index (Phi) is 3.82. The monoisotopic (exact) mass is 295 g/mol. The van der Waals surface area contributed by atoms with Crippen LogP contribution in [0.3, 0.4) is 0 Å². The molecule has 1 aromatic heterocycles. The number of benzene rings is 2. The summed E-state index contributed by atoms with van der Waals surface area (Å²) in [6, 6.07) is 15.9. The summed E-state index contributed by atoms with van der Waals surface area (Å²) in [5.41, 5.74) is 1.84. The lowest BCUT2D eigenvalue weighted by molar-refractivity contribution is -0.385. The van der Waals surface area contributed by atoms with Gasteiger partial charge in [-0.15, -0.1) is 0 Å². The summed E-state index contributed by atoms with van der Waals surface area (Å²) in [6.07, 6.45) is 3.57. The Morgan fingerprint density at radius 2 is 1.86 bits per heavy atom. The highest BCUT2D eigenvalue weighted by atomic mass is 16.6. The first kappa shape index (κ1) is 13.8. The molecule has 0 fully saturated rings. The molecular formula is C16H13N3O3. The standard InChI is InChI=1S/C16H13N3O3/c20-19(21)15-4-1-2-5-16(15)22-12-13-6-8-14(9-7-13)18-11-3-10-17-18/h1-11H,12H2. The minimum Gasteiger partial charge on any atom is -0.482 e. The van der Waals surface area contributed by atoms with Crippen LogP contribution in [0.25, 0.3) is 5.69 Å². The Labute approximate surface area is 126 Å². The van der Waals surface area contributed by atoms with Crippen LogP contribution < -0.4 is 4.74 Å². The van der Waals surface area contributed by atoms with Crippen LogP contribution >= 0.6 is 0 Å². The smallest absolute Gasteiger partial charge is 0.310 e. The van der Waals surface area contributed by atoms with Gasteiger partial charge in [-0.2, -0.15) is 5.10 Å². The zero-order valence-electron chi connectivity index (χ0n) is 11.6. The van der Waals surface area contributed by atoms with Crippen LogP contribution in [0, 0.1) is 10.1 Å². The lowest BCUT2D eigenvalue weighted by Gasteiger charge is -2.07. The summed E-state index contributed by atoms with van der Waals surface area (Å²) in [4.78, 5) is 10.5. The van der Waals surface area contributed by atoms with Crippen molar-refractivity contribution in [2.24, 2.45) is 0 Å². The van der Waals surface area contributed by atoms with Gasteiger partial charge in [0, 0.05) is 18.5 Å². The molecule has 0 aliphatic carbocycles. The summed E-state index contributed by atoms with van der Waals surface area (Å²) in [6.45, 7) is 0.268. The fourth-order valence-corrected chi connectivity index (χ4v) is 2.06. The van der Waals surface area contributed by atoms with E-state index in [4.69, 9.17) is 4.74 Å². The Morgan fingerprint density at radius 3 is 2.55 bits per heavy atom. The summed E-state index contributed by atoms with van der Waals surface area (Å²) < 4.78 is 7.31.